The lowest BCUT2D eigenvalue weighted by molar-refractivity contribution is -0.118. The lowest BCUT2D eigenvalue weighted by Crippen LogP contribution is -2.21. The largest absolute Gasteiger partial charge is 0.483 e. The highest BCUT2D eigenvalue weighted by Crippen LogP contribution is 2.26. The zero-order chi connectivity index (χ0) is 17.7. The van der Waals surface area contributed by atoms with Gasteiger partial charge in [-0.2, -0.15) is 0 Å². The molecule has 5 nitrogen and oxygen atoms in total. The summed E-state index contributed by atoms with van der Waals surface area (Å²) in [5, 5.41) is 6.00. The molecule has 24 heavy (non-hydrogen) atoms. The van der Waals surface area contributed by atoms with Crippen LogP contribution >= 0.6 is 27.5 Å². The monoisotopic (exact) mass is 410 g/mol. The van der Waals surface area contributed by atoms with Crippen molar-refractivity contribution in [2.45, 2.75) is 13.8 Å². The molecular weight excluding hydrogens is 396 g/mol. The number of halogens is 2. The molecule has 0 aliphatic carbocycles. The van der Waals surface area contributed by atoms with Crippen molar-refractivity contribution in [3.05, 3.63) is 51.5 Å². The number of ether oxygens (including phenoxy) is 1. The predicted molar refractivity (Wildman–Crippen MR) is 98.8 cm³/mol. The molecule has 0 fully saturated rings. The number of anilines is 2. The molecule has 2 aromatic carbocycles. The van der Waals surface area contributed by atoms with Crippen LogP contribution in [0, 0.1) is 6.92 Å². The summed E-state index contributed by atoms with van der Waals surface area (Å²) in [6.07, 6.45) is 0. The first kappa shape index (κ1) is 18.3. The third-order valence-electron chi connectivity index (χ3n) is 3.06. The van der Waals surface area contributed by atoms with E-state index in [2.05, 4.69) is 26.6 Å². The molecule has 0 radical (unpaired) electrons. The second-order valence-electron chi connectivity index (χ2n) is 5.12. The molecule has 0 atom stereocenters. The van der Waals surface area contributed by atoms with Crippen LogP contribution in [-0.4, -0.2) is 18.4 Å². The summed E-state index contributed by atoms with van der Waals surface area (Å²) in [5.74, 6) is 0.0285. The normalized spacial score (nSPS) is 10.2. The predicted octanol–water partition coefficient (Wildman–Crippen LogP) is 4.39. The Morgan fingerprint density at radius 3 is 2.54 bits per heavy atom. The number of hydrogen-bond acceptors (Lipinski definition) is 3. The van der Waals surface area contributed by atoms with E-state index in [-0.39, 0.29) is 18.4 Å². The van der Waals surface area contributed by atoms with Crippen LogP contribution in [0.25, 0.3) is 0 Å². The molecule has 0 saturated heterocycles. The number of aryl methyl sites for hydroxylation is 1. The highest BCUT2D eigenvalue weighted by molar-refractivity contribution is 9.10. The van der Waals surface area contributed by atoms with E-state index in [4.69, 9.17) is 16.3 Å². The van der Waals surface area contributed by atoms with Crippen LogP contribution in [0.5, 0.6) is 5.75 Å². The lowest BCUT2D eigenvalue weighted by Gasteiger charge is -2.13. The van der Waals surface area contributed by atoms with Crippen LogP contribution in [0.4, 0.5) is 11.4 Å². The van der Waals surface area contributed by atoms with Crippen molar-refractivity contribution in [1.29, 1.82) is 0 Å². The summed E-state index contributed by atoms with van der Waals surface area (Å²) < 4.78 is 6.29. The Kier molecular flexibility index (Phi) is 6.23. The first-order valence-corrected chi connectivity index (χ1v) is 8.28. The van der Waals surface area contributed by atoms with Gasteiger partial charge in [-0.25, -0.2) is 0 Å². The molecule has 0 saturated carbocycles. The number of rotatable bonds is 5. The molecule has 7 heteroatoms. The van der Waals surface area contributed by atoms with E-state index in [0.29, 0.717) is 22.1 Å². The number of carbonyl (C=O) groups excluding carboxylic acids is 2. The van der Waals surface area contributed by atoms with Gasteiger partial charge in [0.2, 0.25) is 5.91 Å². The maximum Gasteiger partial charge on any atom is 0.262 e. The van der Waals surface area contributed by atoms with Gasteiger partial charge in [-0.3, -0.25) is 9.59 Å². The summed E-state index contributed by atoms with van der Waals surface area (Å²) in [6.45, 7) is 3.09. The molecule has 0 spiro atoms. The van der Waals surface area contributed by atoms with Crippen LogP contribution < -0.4 is 15.4 Å². The van der Waals surface area contributed by atoms with Gasteiger partial charge in [0.05, 0.1) is 11.4 Å². The first-order chi connectivity index (χ1) is 11.3. The molecule has 126 valence electrons. The van der Waals surface area contributed by atoms with Crippen LogP contribution in [0.15, 0.2) is 40.9 Å². The van der Waals surface area contributed by atoms with Crippen molar-refractivity contribution in [2.24, 2.45) is 0 Å². The van der Waals surface area contributed by atoms with Crippen LogP contribution in [0.3, 0.4) is 0 Å². The molecule has 2 amide bonds. The Hall–Kier alpha value is -2.05. The van der Waals surface area contributed by atoms with E-state index < -0.39 is 0 Å². The Morgan fingerprint density at radius 1 is 1.12 bits per heavy atom. The zero-order valence-electron chi connectivity index (χ0n) is 13.2. The average Bonchev–Trinajstić information content (AvgIpc) is 2.49. The quantitative estimate of drug-likeness (QED) is 0.767. The molecule has 2 rings (SSSR count). The summed E-state index contributed by atoms with van der Waals surface area (Å²) in [4.78, 5) is 23.4. The van der Waals surface area contributed by atoms with Gasteiger partial charge in [-0.1, -0.05) is 27.5 Å². The van der Waals surface area contributed by atoms with E-state index in [9.17, 15) is 9.59 Å². The molecule has 0 aliphatic rings. The van der Waals surface area contributed by atoms with E-state index in [1.807, 2.05) is 6.92 Å². The summed E-state index contributed by atoms with van der Waals surface area (Å²) in [7, 11) is 0. The van der Waals surface area contributed by atoms with E-state index in [1.165, 1.54) is 6.92 Å². The SMILES string of the molecule is CC(=O)Nc1ccc(Br)cc1NC(=O)COc1ccc(Cl)cc1C. The minimum Gasteiger partial charge on any atom is -0.483 e. The van der Waals surface area contributed by atoms with E-state index in [0.717, 1.165) is 10.0 Å². The summed E-state index contributed by atoms with van der Waals surface area (Å²) >= 11 is 9.22. The van der Waals surface area contributed by atoms with Gasteiger partial charge in [0.1, 0.15) is 5.75 Å². The van der Waals surface area contributed by atoms with Crippen molar-refractivity contribution in [3.63, 3.8) is 0 Å². The maximum atomic E-state index is 12.1. The number of amides is 2. The summed E-state index contributed by atoms with van der Waals surface area (Å²) in [5.41, 5.74) is 1.85. The first-order valence-electron chi connectivity index (χ1n) is 7.11. The minimum absolute atomic E-state index is 0.158. The van der Waals surface area contributed by atoms with Crippen molar-refractivity contribution >= 4 is 50.7 Å². The van der Waals surface area contributed by atoms with Crippen molar-refractivity contribution in [2.75, 3.05) is 17.2 Å². The van der Waals surface area contributed by atoms with E-state index in [1.54, 1.807) is 36.4 Å². The third-order valence-corrected chi connectivity index (χ3v) is 3.79. The Balaban J connectivity index is 2.04. The fourth-order valence-corrected chi connectivity index (χ4v) is 2.61. The second kappa shape index (κ2) is 8.17. The van der Waals surface area contributed by atoms with Crippen LogP contribution in [0.2, 0.25) is 5.02 Å². The highest BCUT2D eigenvalue weighted by atomic mass is 79.9. The van der Waals surface area contributed by atoms with E-state index >= 15 is 0 Å². The minimum atomic E-state index is -0.339. The smallest absolute Gasteiger partial charge is 0.262 e. The van der Waals surface area contributed by atoms with Gasteiger partial charge in [-0.05, 0) is 48.9 Å². The molecule has 2 N–H and O–H groups in total. The Bertz CT molecular complexity index is 780. The van der Waals surface area contributed by atoms with Crippen molar-refractivity contribution in [1.82, 2.24) is 0 Å². The van der Waals surface area contributed by atoms with Crippen molar-refractivity contribution < 1.29 is 14.3 Å². The van der Waals surface area contributed by atoms with Crippen LogP contribution in [-0.2, 0) is 9.59 Å². The van der Waals surface area contributed by atoms with Crippen molar-refractivity contribution in [3.8, 4) is 5.75 Å². The number of hydrogen-bond donors (Lipinski definition) is 2. The fourth-order valence-electron chi connectivity index (χ4n) is 2.02. The Morgan fingerprint density at radius 2 is 1.88 bits per heavy atom. The Labute approximate surface area is 153 Å². The lowest BCUT2D eigenvalue weighted by atomic mass is 10.2. The zero-order valence-corrected chi connectivity index (χ0v) is 15.5. The summed E-state index contributed by atoms with van der Waals surface area (Å²) in [6, 6.07) is 10.4. The molecule has 0 bridgehead atoms. The average molecular weight is 412 g/mol. The maximum absolute atomic E-state index is 12.1. The number of carbonyl (C=O) groups is 2. The van der Waals surface area contributed by atoms with Gasteiger partial charge in [0, 0.05) is 16.4 Å². The topological polar surface area (TPSA) is 67.4 Å². The molecule has 0 aromatic heterocycles. The van der Waals surface area contributed by atoms with Gasteiger partial charge >= 0.3 is 0 Å². The number of benzene rings is 2. The van der Waals surface area contributed by atoms with Gasteiger partial charge in [0.15, 0.2) is 6.61 Å². The fraction of sp³-hybridized carbons (Fsp3) is 0.176. The molecule has 0 aliphatic heterocycles. The standard InChI is InChI=1S/C17H16BrClN2O3/c1-10-7-13(19)4-6-16(10)24-9-17(23)21-15-8-12(18)3-5-14(15)20-11(2)22/h3-8H,9H2,1-2H3,(H,20,22)(H,21,23). The molecular formula is C17H16BrClN2O3. The molecule has 0 unspecified atom stereocenters. The number of nitrogens with one attached hydrogen (secondary N) is 2. The van der Waals surface area contributed by atoms with Gasteiger partial charge < -0.3 is 15.4 Å². The molecule has 0 heterocycles. The molecule has 2 aromatic rings. The van der Waals surface area contributed by atoms with Gasteiger partial charge in [-0.15, -0.1) is 0 Å². The highest BCUT2D eigenvalue weighted by Gasteiger charge is 2.10. The second-order valence-corrected chi connectivity index (χ2v) is 6.47. The third kappa shape index (κ3) is 5.25. The van der Waals surface area contributed by atoms with Crippen LogP contribution in [0.1, 0.15) is 12.5 Å². The van der Waals surface area contributed by atoms with Gasteiger partial charge in [0.25, 0.3) is 5.91 Å².